The van der Waals surface area contributed by atoms with Crippen LogP contribution < -0.4 is 10.6 Å². The van der Waals surface area contributed by atoms with E-state index < -0.39 is 63.2 Å². The number of hydrogen-bond donors (Lipinski definition) is 3. The summed E-state index contributed by atoms with van der Waals surface area (Å²) in [5.41, 5.74) is -6.29. The zero-order chi connectivity index (χ0) is 30.8. The van der Waals surface area contributed by atoms with Crippen molar-refractivity contribution in [2.24, 2.45) is 4.99 Å². The van der Waals surface area contributed by atoms with Gasteiger partial charge < -0.3 is 20.6 Å². The van der Waals surface area contributed by atoms with Crippen LogP contribution in [0.15, 0.2) is 17.3 Å². The van der Waals surface area contributed by atoms with Crippen molar-refractivity contribution in [3.63, 3.8) is 0 Å². The molecule has 0 aliphatic carbocycles. The number of pyridine rings is 1. The molecule has 0 spiro atoms. The molecule has 0 aromatic carbocycles. The first-order valence-electron chi connectivity index (χ1n) is 12.4. The normalized spacial score (nSPS) is 18.0. The maximum atomic E-state index is 14.1. The molecule has 40 heavy (non-hydrogen) atoms. The fourth-order valence-electron chi connectivity index (χ4n) is 3.81. The molecule has 2 amide bonds. The molecule has 1 aromatic rings. The van der Waals surface area contributed by atoms with Crippen molar-refractivity contribution < 1.29 is 41.0 Å². The Morgan fingerprint density at radius 1 is 1.20 bits per heavy atom. The van der Waals surface area contributed by atoms with Gasteiger partial charge in [-0.3, -0.25) is 14.6 Å². The van der Waals surface area contributed by atoms with Crippen LogP contribution in [0.1, 0.15) is 65.5 Å². The number of nitrogens with zero attached hydrogens (tertiary/aromatic N) is 3. The Kier molecular flexibility index (Phi) is 9.99. The van der Waals surface area contributed by atoms with Crippen LogP contribution in [-0.2, 0) is 15.8 Å². The first kappa shape index (κ1) is 33.4. The number of amides is 2. The van der Waals surface area contributed by atoms with Gasteiger partial charge in [0.25, 0.3) is 11.8 Å². The van der Waals surface area contributed by atoms with E-state index in [9.17, 15) is 41.0 Å². The highest BCUT2D eigenvalue weighted by Crippen LogP contribution is 2.37. The molecule has 1 saturated heterocycles. The van der Waals surface area contributed by atoms with Gasteiger partial charge in [-0.1, -0.05) is 12.2 Å². The van der Waals surface area contributed by atoms with Crippen molar-refractivity contribution in [2.75, 3.05) is 18.4 Å². The number of aliphatic hydroxyl groups is 1. The van der Waals surface area contributed by atoms with Gasteiger partial charge in [-0.2, -0.15) is 26.3 Å². The van der Waals surface area contributed by atoms with Crippen molar-refractivity contribution in [2.45, 2.75) is 90.0 Å². The zero-order valence-corrected chi connectivity index (χ0v) is 23.7. The first-order chi connectivity index (χ1) is 18.0. The lowest BCUT2D eigenvalue weighted by molar-refractivity contribution is -0.168. The molecule has 1 fully saturated rings. The number of halogens is 6. The highest BCUT2D eigenvalue weighted by molar-refractivity contribution is 7.81. The smallest absolute Gasteiger partial charge is 0.389 e. The summed E-state index contributed by atoms with van der Waals surface area (Å²) in [5, 5.41) is 14.2. The third kappa shape index (κ3) is 8.35. The summed E-state index contributed by atoms with van der Waals surface area (Å²) in [7, 11) is 0. The average Bonchev–Trinajstić information content (AvgIpc) is 3.23. The molecule has 0 saturated carbocycles. The largest absolute Gasteiger partial charge is 0.417 e. The predicted octanol–water partition coefficient (Wildman–Crippen LogP) is 4.30. The van der Waals surface area contributed by atoms with Gasteiger partial charge in [-0.25, -0.2) is 4.98 Å². The van der Waals surface area contributed by atoms with E-state index in [1.807, 2.05) is 5.32 Å². The van der Waals surface area contributed by atoms with Crippen molar-refractivity contribution in [3.05, 3.63) is 23.4 Å². The van der Waals surface area contributed by atoms with Gasteiger partial charge in [0.1, 0.15) is 11.4 Å². The van der Waals surface area contributed by atoms with Crippen LogP contribution in [0, 0.1) is 0 Å². The van der Waals surface area contributed by atoms with Gasteiger partial charge in [-0.05, 0) is 60.5 Å². The standard InChI is InChI=1S/C25H33F6N5O3S/c1-13-8-7-9-36(13)21(38)18(34-14(2)20(37)33-12-22(3,4)39)19(40)15-11-32-17(10-16(15)24(26,27)28)35-23(5,6)25(29,30)31/h10-11,13,18,39H,7-9,12H2,1-6H3,(H,32,35)(H,33,37)/b34-14+/t13-,18?/m0/s1. The molecule has 2 heterocycles. The minimum Gasteiger partial charge on any atom is -0.389 e. The lowest BCUT2D eigenvalue weighted by Crippen LogP contribution is -2.46. The monoisotopic (exact) mass is 597 g/mol. The first-order valence-corrected chi connectivity index (χ1v) is 12.8. The van der Waals surface area contributed by atoms with Crippen LogP contribution in [0.5, 0.6) is 0 Å². The Morgan fingerprint density at radius 3 is 2.27 bits per heavy atom. The van der Waals surface area contributed by atoms with E-state index in [2.05, 4.69) is 15.3 Å². The van der Waals surface area contributed by atoms with Crippen molar-refractivity contribution in [1.82, 2.24) is 15.2 Å². The molecular formula is C25H33F6N5O3S. The van der Waals surface area contributed by atoms with Gasteiger partial charge in [-0.15, -0.1) is 0 Å². The number of thiocarbonyl (C=S) groups is 1. The molecule has 2 rings (SSSR count). The zero-order valence-electron chi connectivity index (χ0n) is 22.9. The van der Waals surface area contributed by atoms with Gasteiger partial charge in [0.15, 0.2) is 6.04 Å². The molecule has 1 aromatic heterocycles. The third-order valence-electron chi connectivity index (χ3n) is 6.28. The lowest BCUT2D eigenvalue weighted by atomic mass is 9.99. The van der Waals surface area contributed by atoms with E-state index in [-0.39, 0.29) is 18.3 Å². The molecule has 15 heteroatoms. The Balaban J connectivity index is 2.57. The molecule has 8 nitrogen and oxygen atoms in total. The Labute approximate surface area is 233 Å². The third-order valence-corrected chi connectivity index (χ3v) is 6.72. The number of aromatic nitrogens is 1. The molecule has 0 bridgehead atoms. The number of aliphatic imine (C=N–C) groups is 1. The molecule has 1 unspecified atom stereocenters. The molecule has 2 atom stereocenters. The second-order valence-electron chi connectivity index (χ2n) is 10.9. The van der Waals surface area contributed by atoms with E-state index in [1.54, 1.807) is 6.92 Å². The SMILES string of the molecule is C/C(=N\C(C(=O)N1CCC[C@@H]1C)C(=S)c1cnc(NC(C)(C)C(F)(F)F)cc1C(F)(F)F)C(=O)NCC(C)(C)O. The number of carbonyl (C=O) groups excluding carboxylic acids is 2. The summed E-state index contributed by atoms with van der Waals surface area (Å²) in [5.74, 6) is -2.21. The summed E-state index contributed by atoms with van der Waals surface area (Å²) in [6.07, 6.45) is -7.95. The van der Waals surface area contributed by atoms with Crippen LogP contribution in [-0.4, -0.2) is 79.9 Å². The summed E-state index contributed by atoms with van der Waals surface area (Å²) in [6, 6.07) is -1.59. The van der Waals surface area contributed by atoms with E-state index in [0.717, 1.165) is 13.8 Å². The minimum absolute atomic E-state index is 0.171. The van der Waals surface area contributed by atoms with Gasteiger partial charge >= 0.3 is 12.4 Å². The molecule has 1 aliphatic heterocycles. The van der Waals surface area contributed by atoms with Gasteiger partial charge in [0, 0.05) is 30.9 Å². The van der Waals surface area contributed by atoms with Crippen LogP contribution in [0.25, 0.3) is 0 Å². The number of rotatable bonds is 9. The molecule has 1 aliphatic rings. The predicted molar refractivity (Wildman–Crippen MR) is 141 cm³/mol. The summed E-state index contributed by atoms with van der Waals surface area (Å²) >= 11 is 5.32. The second-order valence-corrected chi connectivity index (χ2v) is 11.3. The lowest BCUT2D eigenvalue weighted by Gasteiger charge is -2.30. The second kappa shape index (κ2) is 12.0. The number of carbonyl (C=O) groups is 2. The Hall–Kier alpha value is -2.81. The topological polar surface area (TPSA) is 107 Å². The highest BCUT2D eigenvalue weighted by atomic mass is 32.1. The number of hydrogen-bond acceptors (Lipinski definition) is 7. The van der Waals surface area contributed by atoms with E-state index in [0.29, 0.717) is 31.6 Å². The quantitative estimate of drug-likeness (QED) is 0.170. The number of likely N-dealkylation sites (tertiary alicyclic amines) is 1. The maximum absolute atomic E-state index is 14.1. The Morgan fingerprint density at radius 2 is 1.80 bits per heavy atom. The van der Waals surface area contributed by atoms with Crippen LogP contribution in [0.2, 0.25) is 0 Å². The summed E-state index contributed by atoms with van der Waals surface area (Å²) < 4.78 is 82.3. The van der Waals surface area contributed by atoms with Crippen molar-refractivity contribution in [1.29, 1.82) is 0 Å². The van der Waals surface area contributed by atoms with Gasteiger partial charge in [0.05, 0.1) is 21.7 Å². The number of nitrogens with one attached hydrogen (secondary N) is 2. The van der Waals surface area contributed by atoms with Crippen LogP contribution in [0.4, 0.5) is 32.2 Å². The van der Waals surface area contributed by atoms with Crippen LogP contribution >= 0.6 is 12.2 Å². The molecule has 0 radical (unpaired) electrons. The van der Waals surface area contributed by atoms with Crippen molar-refractivity contribution in [3.8, 4) is 0 Å². The fourth-order valence-corrected chi connectivity index (χ4v) is 4.13. The Bertz CT molecular complexity index is 1160. The maximum Gasteiger partial charge on any atom is 0.417 e. The highest BCUT2D eigenvalue weighted by Gasteiger charge is 2.48. The van der Waals surface area contributed by atoms with E-state index in [4.69, 9.17) is 12.2 Å². The van der Waals surface area contributed by atoms with E-state index in [1.165, 1.54) is 25.7 Å². The summed E-state index contributed by atoms with van der Waals surface area (Å²) in [6.45, 7) is 7.49. The number of anilines is 1. The average molecular weight is 598 g/mol. The van der Waals surface area contributed by atoms with Gasteiger partial charge in [0.2, 0.25) is 0 Å². The summed E-state index contributed by atoms with van der Waals surface area (Å²) in [4.78, 5) is 34.7. The van der Waals surface area contributed by atoms with E-state index >= 15 is 0 Å². The molecule has 224 valence electrons. The van der Waals surface area contributed by atoms with Crippen LogP contribution in [0.3, 0.4) is 0 Å². The molecule has 3 N–H and O–H groups in total. The minimum atomic E-state index is -5.08. The number of alkyl halides is 6. The van der Waals surface area contributed by atoms with Crippen molar-refractivity contribution >= 4 is 40.4 Å². The fraction of sp³-hybridized carbons (Fsp3) is 0.640. The molecular weight excluding hydrogens is 564 g/mol.